The molecule has 1 fully saturated rings. The molecule has 0 aromatic heterocycles. The largest absolute Gasteiger partial charge is 0.318 e. The van der Waals surface area contributed by atoms with Crippen LogP contribution in [0.4, 0.5) is 10.1 Å². The number of anilines is 1. The van der Waals surface area contributed by atoms with Crippen molar-refractivity contribution < 1.29 is 22.4 Å². The molecular formula is C15H15ClFN3O4S. The number of sulfone groups is 1. The Labute approximate surface area is 148 Å². The molecule has 3 rings (SSSR count). The first-order valence-corrected chi connectivity index (χ1v) is 9.82. The van der Waals surface area contributed by atoms with Crippen LogP contribution in [0.1, 0.15) is 19.3 Å². The highest BCUT2D eigenvalue weighted by Gasteiger charge is 2.37. The standard InChI is InChI=1S/C15H15ClFN3O4S/c16-10-2-1-3-11(14(10)17)18-15(22)12-4-5-13(21)20(19-12)9-6-7-25(23,24)8-9/h1-3,9H,4-8H2,(H,18,22)/t9-/m1/s1. The third-order valence-electron chi connectivity index (χ3n) is 4.08. The smallest absolute Gasteiger partial charge is 0.271 e. The fourth-order valence-corrected chi connectivity index (χ4v) is 4.65. The van der Waals surface area contributed by atoms with E-state index in [9.17, 15) is 22.4 Å². The lowest BCUT2D eigenvalue weighted by atomic mass is 10.1. The van der Waals surface area contributed by atoms with Crippen molar-refractivity contribution in [3.63, 3.8) is 0 Å². The van der Waals surface area contributed by atoms with Crippen molar-refractivity contribution in [2.24, 2.45) is 5.10 Å². The Morgan fingerprint density at radius 2 is 2.12 bits per heavy atom. The molecule has 2 amide bonds. The SMILES string of the molecule is O=C(Nc1cccc(Cl)c1F)C1=NN([C@@H]2CCS(=O)(=O)C2)C(=O)CC1. The van der Waals surface area contributed by atoms with E-state index in [1.165, 1.54) is 18.2 Å². The van der Waals surface area contributed by atoms with Crippen molar-refractivity contribution in [1.82, 2.24) is 5.01 Å². The molecule has 2 aliphatic rings. The number of nitrogens with zero attached hydrogens (tertiary/aromatic N) is 2. The Morgan fingerprint density at radius 1 is 1.36 bits per heavy atom. The molecule has 2 aliphatic heterocycles. The molecule has 1 aromatic carbocycles. The number of nitrogens with one attached hydrogen (secondary N) is 1. The minimum absolute atomic E-state index is 0.00772. The highest BCUT2D eigenvalue weighted by Crippen LogP contribution is 2.24. The first-order valence-electron chi connectivity index (χ1n) is 7.62. The summed E-state index contributed by atoms with van der Waals surface area (Å²) in [4.78, 5) is 24.4. The van der Waals surface area contributed by atoms with Crippen molar-refractivity contribution in [3.8, 4) is 0 Å². The predicted octanol–water partition coefficient (Wildman–Crippen LogP) is 1.58. The number of halogens is 2. The van der Waals surface area contributed by atoms with Gasteiger partial charge in [-0.3, -0.25) is 9.59 Å². The normalized spacial score (nSPS) is 22.6. The van der Waals surface area contributed by atoms with Crippen LogP contribution >= 0.6 is 11.6 Å². The molecule has 134 valence electrons. The summed E-state index contributed by atoms with van der Waals surface area (Å²) < 4.78 is 37.1. The molecule has 0 unspecified atom stereocenters. The maximum atomic E-state index is 13.9. The van der Waals surface area contributed by atoms with E-state index in [0.29, 0.717) is 0 Å². The molecule has 1 atom stereocenters. The summed E-state index contributed by atoms with van der Waals surface area (Å²) >= 11 is 5.67. The molecule has 2 heterocycles. The lowest BCUT2D eigenvalue weighted by molar-refractivity contribution is -0.133. The number of amides is 2. The molecule has 1 N–H and O–H groups in total. The Kier molecular flexibility index (Phi) is 4.79. The van der Waals surface area contributed by atoms with Gasteiger partial charge >= 0.3 is 0 Å². The Morgan fingerprint density at radius 3 is 2.80 bits per heavy atom. The number of carbonyl (C=O) groups is 2. The lowest BCUT2D eigenvalue weighted by Gasteiger charge is -2.27. The van der Waals surface area contributed by atoms with Crippen molar-refractivity contribution in [2.45, 2.75) is 25.3 Å². The number of carbonyl (C=O) groups excluding carboxylic acids is 2. The second-order valence-corrected chi connectivity index (χ2v) is 8.53. The molecule has 0 aliphatic carbocycles. The second kappa shape index (κ2) is 6.72. The second-order valence-electron chi connectivity index (χ2n) is 5.90. The van der Waals surface area contributed by atoms with Gasteiger partial charge in [0.25, 0.3) is 5.91 Å². The topological polar surface area (TPSA) is 95.9 Å². The molecule has 0 radical (unpaired) electrons. The summed E-state index contributed by atoms with van der Waals surface area (Å²) in [5.41, 5.74) is -0.0460. The van der Waals surface area contributed by atoms with Gasteiger partial charge in [0.1, 0.15) is 5.71 Å². The summed E-state index contributed by atoms with van der Waals surface area (Å²) in [6.07, 6.45) is 0.430. The summed E-state index contributed by atoms with van der Waals surface area (Å²) in [5, 5.41) is 7.36. The minimum Gasteiger partial charge on any atom is -0.318 e. The van der Waals surface area contributed by atoms with Crippen molar-refractivity contribution >= 4 is 44.7 Å². The molecule has 7 nitrogen and oxygen atoms in total. The van der Waals surface area contributed by atoms with E-state index >= 15 is 0 Å². The molecular weight excluding hydrogens is 373 g/mol. The van der Waals surface area contributed by atoms with Gasteiger partial charge in [0.05, 0.1) is 28.3 Å². The van der Waals surface area contributed by atoms with Crippen LogP contribution in [0.25, 0.3) is 0 Å². The van der Waals surface area contributed by atoms with Crippen molar-refractivity contribution in [1.29, 1.82) is 0 Å². The number of hydrazone groups is 1. The maximum absolute atomic E-state index is 13.9. The first-order chi connectivity index (χ1) is 11.8. The van der Waals surface area contributed by atoms with Crippen LogP contribution in [0.5, 0.6) is 0 Å². The van der Waals surface area contributed by atoms with Crippen LogP contribution in [-0.4, -0.2) is 48.5 Å². The fraction of sp³-hybridized carbons (Fsp3) is 0.400. The molecule has 1 saturated heterocycles. The highest BCUT2D eigenvalue weighted by atomic mass is 35.5. The van der Waals surface area contributed by atoms with Gasteiger partial charge in [-0.15, -0.1) is 0 Å². The van der Waals surface area contributed by atoms with Gasteiger partial charge in [0, 0.05) is 12.8 Å². The van der Waals surface area contributed by atoms with E-state index < -0.39 is 27.6 Å². The Bertz CT molecular complexity index is 872. The van der Waals surface area contributed by atoms with Gasteiger partial charge in [0.2, 0.25) is 5.91 Å². The summed E-state index contributed by atoms with van der Waals surface area (Å²) in [6.45, 7) is 0. The van der Waals surface area contributed by atoms with Gasteiger partial charge < -0.3 is 5.32 Å². The number of rotatable bonds is 3. The van der Waals surface area contributed by atoms with Gasteiger partial charge in [-0.2, -0.15) is 5.10 Å². The van der Waals surface area contributed by atoms with E-state index in [1.54, 1.807) is 0 Å². The zero-order valence-corrected chi connectivity index (χ0v) is 14.6. The van der Waals surface area contributed by atoms with Gasteiger partial charge in [0.15, 0.2) is 15.7 Å². The Hall–Kier alpha value is -2.00. The van der Waals surface area contributed by atoms with E-state index in [1.807, 2.05) is 0 Å². The van der Waals surface area contributed by atoms with Crippen molar-refractivity contribution in [2.75, 3.05) is 16.8 Å². The van der Waals surface area contributed by atoms with E-state index in [2.05, 4.69) is 10.4 Å². The van der Waals surface area contributed by atoms with Crippen LogP contribution in [0.15, 0.2) is 23.3 Å². The molecule has 0 bridgehead atoms. The highest BCUT2D eigenvalue weighted by molar-refractivity contribution is 7.91. The zero-order chi connectivity index (χ0) is 18.2. The molecule has 0 saturated carbocycles. The van der Waals surface area contributed by atoms with Gasteiger partial charge in [-0.05, 0) is 18.6 Å². The minimum atomic E-state index is -3.19. The van der Waals surface area contributed by atoms with E-state index in [0.717, 1.165) is 5.01 Å². The Balaban J connectivity index is 1.79. The van der Waals surface area contributed by atoms with Crippen LogP contribution < -0.4 is 5.32 Å². The van der Waals surface area contributed by atoms with Crippen LogP contribution in [0.2, 0.25) is 5.02 Å². The summed E-state index contributed by atoms with van der Waals surface area (Å²) in [7, 11) is -3.19. The number of hydrogen-bond donors (Lipinski definition) is 1. The zero-order valence-electron chi connectivity index (χ0n) is 13.0. The van der Waals surface area contributed by atoms with E-state index in [4.69, 9.17) is 11.6 Å². The molecule has 0 spiro atoms. The first kappa shape index (κ1) is 17.8. The van der Waals surface area contributed by atoms with Crippen LogP contribution in [-0.2, 0) is 19.4 Å². The van der Waals surface area contributed by atoms with Crippen LogP contribution in [0.3, 0.4) is 0 Å². The third kappa shape index (κ3) is 3.82. The van der Waals surface area contributed by atoms with E-state index in [-0.39, 0.29) is 53.1 Å². The lowest BCUT2D eigenvalue weighted by Crippen LogP contribution is -2.42. The average Bonchev–Trinajstić information content (AvgIpc) is 2.92. The summed E-state index contributed by atoms with van der Waals surface area (Å²) in [5.74, 6) is -1.91. The summed E-state index contributed by atoms with van der Waals surface area (Å²) in [6, 6.07) is 3.63. The van der Waals surface area contributed by atoms with Gasteiger partial charge in [-0.25, -0.2) is 17.8 Å². The molecule has 25 heavy (non-hydrogen) atoms. The molecule has 1 aromatic rings. The van der Waals surface area contributed by atoms with Crippen molar-refractivity contribution in [3.05, 3.63) is 29.0 Å². The fourth-order valence-electron chi connectivity index (χ4n) is 2.78. The third-order valence-corrected chi connectivity index (χ3v) is 6.12. The maximum Gasteiger partial charge on any atom is 0.271 e. The monoisotopic (exact) mass is 387 g/mol. The number of hydrogen-bond acceptors (Lipinski definition) is 5. The quantitative estimate of drug-likeness (QED) is 0.851. The van der Waals surface area contributed by atoms with Crippen LogP contribution in [0, 0.1) is 5.82 Å². The predicted molar refractivity (Wildman–Crippen MR) is 90.6 cm³/mol. The number of benzene rings is 1. The molecule has 10 heteroatoms. The average molecular weight is 388 g/mol. The van der Waals surface area contributed by atoms with Gasteiger partial charge in [-0.1, -0.05) is 17.7 Å².